The fourth-order valence-electron chi connectivity index (χ4n) is 1.58. The average Bonchev–Trinajstić information content (AvgIpc) is 2.24. The van der Waals surface area contributed by atoms with Gasteiger partial charge in [-0.2, -0.15) is 0 Å². The highest BCUT2D eigenvalue weighted by Gasteiger charge is 2.17. The van der Waals surface area contributed by atoms with Crippen LogP contribution in [0, 0.1) is 5.41 Å². The van der Waals surface area contributed by atoms with Crippen LogP contribution < -0.4 is 10.9 Å². The Labute approximate surface area is 106 Å². The van der Waals surface area contributed by atoms with Gasteiger partial charge in [-0.3, -0.25) is 4.79 Å². The van der Waals surface area contributed by atoms with Crippen LogP contribution in [0.4, 0.5) is 0 Å². The van der Waals surface area contributed by atoms with Gasteiger partial charge >= 0.3 is 5.63 Å². The molecule has 0 radical (unpaired) electrons. The summed E-state index contributed by atoms with van der Waals surface area (Å²) in [5, 5.41) is 12.3. The van der Waals surface area contributed by atoms with E-state index in [0.29, 0.717) is 6.42 Å². The van der Waals surface area contributed by atoms with E-state index in [4.69, 9.17) is 0 Å². The van der Waals surface area contributed by atoms with Crippen molar-refractivity contribution in [2.75, 3.05) is 6.54 Å². The maximum absolute atomic E-state index is 11.6. The van der Waals surface area contributed by atoms with Gasteiger partial charge in [0.2, 0.25) is 0 Å². The molecule has 0 fully saturated rings. The van der Waals surface area contributed by atoms with Crippen molar-refractivity contribution in [1.29, 1.82) is 0 Å². The fourth-order valence-corrected chi connectivity index (χ4v) is 1.58. The van der Waals surface area contributed by atoms with Gasteiger partial charge in [-0.25, -0.2) is 4.79 Å². The molecule has 1 heterocycles. The summed E-state index contributed by atoms with van der Waals surface area (Å²) in [5.74, 6) is -0.369. The maximum atomic E-state index is 11.6. The quantitative estimate of drug-likeness (QED) is 0.844. The van der Waals surface area contributed by atoms with Crippen molar-refractivity contribution in [2.45, 2.75) is 33.3 Å². The number of carbonyl (C=O) groups is 1. The van der Waals surface area contributed by atoms with Crippen molar-refractivity contribution in [3.8, 4) is 0 Å². The van der Waals surface area contributed by atoms with Crippen molar-refractivity contribution in [3.05, 3.63) is 34.4 Å². The SMILES string of the molecule is CC(C)(C)CC(O)CNC(=O)c1ccc(=O)oc1. The molecule has 1 rings (SSSR count). The highest BCUT2D eigenvalue weighted by molar-refractivity contribution is 5.93. The zero-order valence-electron chi connectivity index (χ0n) is 10.9. The molecule has 1 atom stereocenters. The van der Waals surface area contributed by atoms with E-state index < -0.39 is 11.7 Å². The second-order valence-electron chi connectivity index (χ2n) is 5.47. The van der Waals surface area contributed by atoms with Crippen molar-refractivity contribution in [2.24, 2.45) is 5.41 Å². The molecule has 0 bridgehead atoms. The van der Waals surface area contributed by atoms with Crippen molar-refractivity contribution in [3.63, 3.8) is 0 Å². The molecule has 0 saturated heterocycles. The number of aliphatic hydroxyl groups excluding tert-OH is 1. The summed E-state index contributed by atoms with van der Waals surface area (Å²) in [7, 11) is 0. The zero-order valence-corrected chi connectivity index (χ0v) is 10.9. The number of nitrogens with one attached hydrogen (secondary N) is 1. The van der Waals surface area contributed by atoms with Crippen molar-refractivity contribution < 1.29 is 14.3 Å². The monoisotopic (exact) mass is 253 g/mol. The van der Waals surface area contributed by atoms with Crippen LogP contribution in [0.2, 0.25) is 0 Å². The molecular formula is C13H19NO4. The standard InChI is InChI=1S/C13H19NO4/c1-13(2,3)6-10(15)7-14-12(17)9-4-5-11(16)18-8-9/h4-5,8,10,15H,6-7H2,1-3H3,(H,14,17). The molecule has 1 amide bonds. The smallest absolute Gasteiger partial charge is 0.335 e. The topological polar surface area (TPSA) is 79.5 Å². The van der Waals surface area contributed by atoms with E-state index in [0.717, 1.165) is 6.26 Å². The lowest BCUT2D eigenvalue weighted by atomic mass is 9.89. The van der Waals surface area contributed by atoms with Gasteiger partial charge < -0.3 is 14.8 Å². The van der Waals surface area contributed by atoms with E-state index in [1.165, 1.54) is 12.1 Å². The van der Waals surface area contributed by atoms with Gasteiger partial charge in [-0.05, 0) is 17.9 Å². The molecule has 0 aromatic carbocycles. The third-order valence-electron chi connectivity index (χ3n) is 2.31. The Balaban J connectivity index is 2.46. The van der Waals surface area contributed by atoms with Crippen LogP contribution in [-0.2, 0) is 0 Å². The minimum atomic E-state index is -0.593. The molecule has 1 unspecified atom stereocenters. The molecule has 0 aliphatic carbocycles. The van der Waals surface area contributed by atoms with Crippen LogP contribution in [0.3, 0.4) is 0 Å². The van der Waals surface area contributed by atoms with Crippen LogP contribution in [0.25, 0.3) is 0 Å². The lowest BCUT2D eigenvalue weighted by Crippen LogP contribution is -2.34. The molecule has 5 heteroatoms. The van der Waals surface area contributed by atoms with E-state index in [9.17, 15) is 14.7 Å². The Kier molecular flexibility index (Phi) is 4.67. The first-order valence-corrected chi connectivity index (χ1v) is 5.83. The van der Waals surface area contributed by atoms with E-state index in [2.05, 4.69) is 9.73 Å². The summed E-state index contributed by atoms with van der Waals surface area (Å²) in [6.07, 6.45) is 1.11. The Morgan fingerprint density at radius 2 is 2.11 bits per heavy atom. The van der Waals surface area contributed by atoms with Gasteiger partial charge in [0.1, 0.15) is 6.26 Å². The third-order valence-corrected chi connectivity index (χ3v) is 2.31. The maximum Gasteiger partial charge on any atom is 0.335 e. The third kappa shape index (κ3) is 5.14. The average molecular weight is 253 g/mol. The van der Waals surface area contributed by atoms with E-state index in [1.807, 2.05) is 20.8 Å². The normalized spacial score (nSPS) is 13.1. The molecule has 5 nitrogen and oxygen atoms in total. The van der Waals surface area contributed by atoms with Gasteiger partial charge in [-0.15, -0.1) is 0 Å². The molecule has 2 N–H and O–H groups in total. The number of aliphatic hydroxyl groups is 1. The first-order chi connectivity index (χ1) is 8.28. The summed E-state index contributed by atoms with van der Waals surface area (Å²) in [6, 6.07) is 2.57. The first kappa shape index (κ1) is 14.4. The Morgan fingerprint density at radius 3 is 2.61 bits per heavy atom. The molecule has 0 aliphatic rings. The van der Waals surface area contributed by atoms with Crippen LogP contribution in [0.5, 0.6) is 0 Å². The largest absolute Gasteiger partial charge is 0.430 e. The predicted octanol–water partition coefficient (Wildman–Crippen LogP) is 1.17. The van der Waals surface area contributed by atoms with Crippen molar-refractivity contribution in [1.82, 2.24) is 5.32 Å². The summed E-state index contributed by atoms with van der Waals surface area (Å²) in [6.45, 7) is 6.23. The Hall–Kier alpha value is -1.62. The van der Waals surface area contributed by atoms with Gasteiger partial charge in [0.15, 0.2) is 0 Å². The summed E-state index contributed by atoms with van der Waals surface area (Å²) in [5.41, 5.74) is -0.235. The molecule has 1 aromatic heterocycles. The Morgan fingerprint density at radius 1 is 1.44 bits per heavy atom. The van der Waals surface area contributed by atoms with Gasteiger partial charge in [0.25, 0.3) is 5.91 Å². The second-order valence-corrected chi connectivity index (χ2v) is 5.47. The highest BCUT2D eigenvalue weighted by atomic mass is 16.4. The number of carbonyl (C=O) groups excluding carboxylic acids is 1. The summed E-state index contributed by atoms with van der Waals surface area (Å²) in [4.78, 5) is 22.4. The summed E-state index contributed by atoms with van der Waals surface area (Å²) >= 11 is 0. The number of hydrogen-bond acceptors (Lipinski definition) is 4. The lowest BCUT2D eigenvalue weighted by Gasteiger charge is -2.22. The van der Waals surface area contributed by atoms with Crippen LogP contribution in [0.15, 0.2) is 27.6 Å². The molecule has 0 aliphatic heterocycles. The van der Waals surface area contributed by atoms with E-state index in [1.54, 1.807) is 0 Å². The minimum absolute atomic E-state index is 0.00365. The second kappa shape index (κ2) is 5.82. The number of amides is 1. The first-order valence-electron chi connectivity index (χ1n) is 5.83. The number of hydrogen-bond donors (Lipinski definition) is 2. The molecular weight excluding hydrogens is 234 g/mol. The fraction of sp³-hybridized carbons (Fsp3) is 0.538. The van der Waals surface area contributed by atoms with Crippen molar-refractivity contribution >= 4 is 5.91 Å². The predicted molar refractivity (Wildman–Crippen MR) is 67.4 cm³/mol. The molecule has 0 spiro atoms. The van der Waals surface area contributed by atoms with Gasteiger partial charge in [0, 0.05) is 12.6 Å². The van der Waals surface area contributed by atoms with Crippen LogP contribution in [-0.4, -0.2) is 23.7 Å². The lowest BCUT2D eigenvalue weighted by molar-refractivity contribution is 0.0866. The molecule has 100 valence electrons. The summed E-state index contributed by atoms with van der Waals surface area (Å²) < 4.78 is 4.59. The molecule has 1 aromatic rings. The van der Waals surface area contributed by atoms with Gasteiger partial charge in [0.05, 0.1) is 11.7 Å². The van der Waals surface area contributed by atoms with E-state index in [-0.39, 0.29) is 23.4 Å². The molecule has 0 saturated carbocycles. The number of rotatable bonds is 4. The van der Waals surface area contributed by atoms with Gasteiger partial charge in [-0.1, -0.05) is 20.8 Å². The minimum Gasteiger partial charge on any atom is -0.430 e. The van der Waals surface area contributed by atoms with Crippen LogP contribution in [0.1, 0.15) is 37.6 Å². The van der Waals surface area contributed by atoms with E-state index >= 15 is 0 Å². The highest BCUT2D eigenvalue weighted by Crippen LogP contribution is 2.20. The Bertz CT molecular complexity index is 438. The zero-order chi connectivity index (χ0) is 13.8. The van der Waals surface area contributed by atoms with Crippen LogP contribution >= 0.6 is 0 Å². The molecule has 18 heavy (non-hydrogen) atoms.